The molecule has 0 bridgehead atoms. The number of hydrogen-bond donors (Lipinski definition) is 3. The number of nitrogens with one attached hydrogen (secondary N) is 3. The number of sulfonamides is 1. The Morgan fingerprint density at radius 1 is 0.871 bits per heavy atom. The molecule has 0 aliphatic heterocycles. The quantitative estimate of drug-likeness (QED) is 0.631. The van der Waals surface area contributed by atoms with Gasteiger partial charge in [0.15, 0.2) is 0 Å². The van der Waals surface area contributed by atoms with Gasteiger partial charge in [-0.3, -0.25) is 9.59 Å². The van der Waals surface area contributed by atoms with E-state index in [-0.39, 0.29) is 21.8 Å². The Kier molecular flexibility index (Phi) is 6.81. The largest absolute Gasteiger partial charge is 0.416 e. The first kappa shape index (κ1) is 24.4. The average molecular weight is 457 g/mol. The second kappa shape index (κ2) is 8.67. The number of hydrogen-bond acceptors (Lipinski definition) is 4. The fourth-order valence-electron chi connectivity index (χ4n) is 2.56. The van der Waals surface area contributed by atoms with Crippen LogP contribution in [0, 0.1) is 0 Å². The van der Waals surface area contributed by atoms with E-state index in [0.717, 1.165) is 12.1 Å². The molecule has 0 atom stereocenters. The average Bonchev–Trinajstić information content (AvgIpc) is 2.60. The molecule has 2 rings (SSSR count). The molecule has 2 amide bonds. The number of alkyl halides is 3. The molecule has 2 aromatic carbocycles. The van der Waals surface area contributed by atoms with Gasteiger partial charge in [0.25, 0.3) is 5.91 Å². The fourth-order valence-corrected chi connectivity index (χ4v) is 3.98. The molecule has 0 heterocycles. The summed E-state index contributed by atoms with van der Waals surface area (Å²) in [6, 6.07) is 7.41. The molecule has 0 unspecified atom stereocenters. The maximum absolute atomic E-state index is 13.0. The summed E-state index contributed by atoms with van der Waals surface area (Å²) in [6.45, 7) is 6.20. The lowest BCUT2D eigenvalue weighted by Gasteiger charge is -2.20. The van der Waals surface area contributed by atoms with Crippen LogP contribution in [0.25, 0.3) is 0 Å². The zero-order valence-corrected chi connectivity index (χ0v) is 18.0. The Balaban J connectivity index is 2.31. The van der Waals surface area contributed by atoms with Crippen molar-refractivity contribution in [2.75, 3.05) is 10.6 Å². The van der Waals surface area contributed by atoms with Crippen LogP contribution in [0.1, 0.15) is 43.6 Å². The minimum absolute atomic E-state index is 0.0116. The van der Waals surface area contributed by atoms with Gasteiger partial charge in [0.1, 0.15) is 0 Å². The summed E-state index contributed by atoms with van der Waals surface area (Å²) in [7, 11) is -3.82. The summed E-state index contributed by atoms with van der Waals surface area (Å²) in [5.41, 5.74) is -1.96. The molecular formula is C20H22F3N3O4S. The van der Waals surface area contributed by atoms with Crippen molar-refractivity contribution in [2.45, 2.75) is 44.3 Å². The van der Waals surface area contributed by atoms with Crippen molar-refractivity contribution in [3.63, 3.8) is 0 Å². The van der Waals surface area contributed by atoms with Gasteiger partial charge in [-0.1, -0.05) is 0 Å². The minimum Gasteiger partial charge on any atom is -0.325 e. The van der Waals surface area contributed by atoms with E-state index in [1.165, 1.54) is 31.2 Å². The van der Waals surface area contributed by atoms with Crippen LogP contribution in [0.4, 0.5) is 24.5 Å². The predicted molar refractivity (Wildman–Crippen MR) is 110 cm³/mol. The maximum Gasteiger partial charge on any atom is 0.416 e. The molecule has 2 aromatic rings. The molecular weight excluding hydrogens is 435 g/mol. The highest BCUT2D eigenvalue weighted by Gasteiger charge is 2.31. The van der Waals surface area contributed by atoms with Crippen molar-refractivity contribution in [1.82, 2.24) is 4.72 Å². The van der Waals surface area contributed by atoms with Crippen LogP contribution in [-0.4, -0.2) is 25.8 Å². The van der Waals surface area contributed by atoms with Gasteiger partial charge in [-0.05, 0) is 63.2 Å². The Morgan fingerprint density at radius 2 is 1.45 bits per heavy atom. The number of amides is 2. The first-order chi connectivity index (χ1) is 14.1. The number of carbonyl (C=O) groups is 2. The fraction of sp³-hybridized carbons (Fsp3) is 0.300. The number of benzene rings is 2. The van der Waals surface area contributed by atoms with Crippen LogP contribution in [-0.2, 0) is 21.0 Å². The highest BCUT2D eigenvalue weighted by atomic mass is 32.2. The molecule has 7 nitrogen and oxygen atoms in total. The van der Waals surface area contributed by atoms with Gasteiger partial charge < -0.3 is 10.6 Å². The van der Waals surface area contributed by atoms with Gasteiger partial charge in [0.05, 0.1) is 21.8 Å². The molecule has 0 aliphatic carbocycles. The molecule has 0 fully saturated rings. The van der Waals surface area contributed by atoms with E-state index < -0.39 is 39.1 Å². The second-order valence-corrected chi connectivity index (χ2v) is 9.46. The van der Waals surface area contributed by atoms with Crippen LogP contribution in [0.2, 0.25) is 0 Å². The van der Waals surface area contributed by atoms with Crippen LogP contribution in [0.3, 0.4) is 0 Å². The van der Waals surface area contributed by atoms with Crippen LogP contribution < -0.4 is 15.4 Å². The van der Waals surface area contributed by atoms with E-state index in [0.29, 0.717) is 6.07 Å². The molecule has 0 spiro atoms. The summed E-state index contributed by atoms with van der Waals surface area (Å²) in [5.74, 6) is -1.31. The van der Waals surface area contributed by atoms with Crippen LogP contribution in [0.15, 0.2) is 47.4 Å². The lowest BCUT2D eigenvalue weighted by molar-refractivity contribution is -0.137. The molecule has 168 valence electrons. The molecule has 3 N–H and O–H groups in total. The Morgan fingerprint density at radius 3 is 1.94 bits per heavy atom. The van der Waals surface area contributed by atoms with Crippen LogP contribution >= 0.6 is 0 Å². The molecule has 0 saturated heterocycles. The number of halogens is 3. The third-order valence-corrected chi connectivity index (χ3v) is 5.55. The summed E-state index contributed by atoms with van der Waals surface area (Å²) in [6.07, 6.45) is -4.65. The third kappa shape index (κ3) is 6.79. The highest BCUT2D eigenvalue weighted by Crippen LogP contribution is 2.34. The van der Waals surface area contributed by atoms with Crippen molar-refractivity contribution in [3.8, 4) is 0 Å². The lowest BCUT2D eigenvalue weighted by Crippen LogP contribution is -2.40. The van der Waals surface area contributed by atoms with Gasteiger partial charge >= 0.3 is 6.18 Å². The van der Waals surface area contributed by atoms with Crippen molar-refractivity contribution in [1.29, 1.82) is 0 Å². The van der Waals surface area contributed by atoms with E-state index in [2.05, 4.69) is 15.4 Å². The predicted octanol–water partition coefficient (Wildman–Crippen LogP) is 3.99. The summed E-state index contributed by atoms with van der Waals surface area (Å²) in [5, 5.41) is 4.67. The van der Waals surface area contributed by atoms with E-state index in [9.17, 15) is 31.2 Å². The van der Waals surface area contributed by atoms with E-state index in [1.54, 1.807) is 20.8 Å². The minimum atomic E-state index is -4.65. The number of carbonyl (C=O) groups excluding carboxylic acids is 2. The maximum atomic E-state index is 13.0. The van der Waals surface area contributed by atoms with Gasteiger partial charge in [-0.2, -0.15) is 13.2 Å². The van der Waals surface area contributed by atoms with Crippen LogP contribution in [0.5, 0.6) is 0 Å². The number of rotatable bonds is 5. The van der Waals surface area contributed by atoms with Gasteiger partial charge in [0, 0.05) is 18.0 Å². The molecule has 11 heteroatoms. The third-order valence-electron chi connectivity index (χ3n) is 3.77. The Bertz CT molecular complexity index is 1090. The van der Waals surface area contributed by atoms with Crippen molar-refractivity contribution < 1.29 is 31.2 Å². The monoisotopic (exact) mass is 457 g/mol. The summed E-state index contributed by atoms with van der Waals surface area (Å²) in [4.78, 5) is 23.8. The molecule has 0 radical (unpaired) electrons. The molecule has 31 heavy (non-hydrogen) atoms. The normalized spacial score (nSPS) is 12.4. The van der Waals surface area contributed by atoms with E-state index in [4.69, 9.17) is 0 Å². The molecule has 0 saturated carbocycles. The SMILES string of the molecule is CC(=O)Nc1ccc(C(F)(F)F)cc1NC(=O)c1ccc(S(=O)(=O)NC(C)(C)C)cc1. The molecule has 0 aromatic heterocycles. The Hall–Kier alpha value is -2.92. The van der Waals surface area contributed by atoms with Crippen molar-refractivity contribution in [2.24, 2.45) is 0 Å². The zero-order chi connectivity index (χ0) is 23.6. The first-order valence-corrected chi connectivity index (χ1v) is 10.5. The van der Waals surface area contributed by atoms with E-state index >= 15 is 0 Å². The van der Waals surface area contributed by atoms with E-state index in [1.807, 2.05) is 0 Å². The van der Waals surface area contributed by atoms with Crippen molar-refractivity contribution in [3.05, 3.63) is 53.6 Å². The Labute approximate surface area is 178 Å². The number of anilines is 2. The second-order valence-electron chi connectivity index (χ2n) is 7.77. The highest BCUT2D eigenvalue weighted by molar-refractivity contribution is 7.89. The topological polar surface area (TPSA) is 104 Å². The lowest BCUT2D eigenvalue weighted by atomic mass is 10.1. The molecule has 0 aliphatic rings. The van der Waals surface area contributed by atoms with Crippen molar-refractivity contribution >= 4 is 33.2 Å². The summed E-state index contributed by atoms with van der Waals surface area (Å²) >= 11 is 0. The van der Waals surface area contributed by atoms with Gasteiger partial charge in [0.2, 0.25) is 15.9 Å². The summed E-state index contributed by atoms with van der Waals surface area (Å²) < 4.78 is 66.3. The smallest absolute Gasteiger partial charge is 0.325 e. The van der Waals surface area contributed by atoms with Gasteiger partial charge in [-0.15, -0.1) is 0 Å². The first-order valence-electron chi connectivity index (χ1n) is 9.03. The standard InChI is InChI=1S/C20H22F3N3O4S/c1-12(27)24-16-10-7-14(20(21,22)23)11-17(16)25-18(28)13-5-8-15(9-6-13)31(29,30)26-19(2,3)4/h5-11,26H,1-4H3,(H,24,27)(H,25,28). The zero-order valence-electron chi connectivity index (χ0n) is 17.2. The van der Waals surface area contributed by atoms with Gasteiger partial charge in [-0.25, -0.2) is 13.1 Å².